The molecule has 5 aromatic rings. The van der Waals surface area contributed by atoms with Gasteiger partial charge in [0.1, 0.15) is 0 Å². The summed E-state index contributed by atoms with van der Waals surface area (Å²) in [7, 11) is 0. The third-order valence-electron chi connectivity index (χ3n) is 9.56. The van der Waals surface area contributed by atoms with Crippen LogP contribution in [0.15, 0.2) is 95.7 Å². The molecule has 0 unspecified atom stereocenters. The molecule has 0 atom stereocenters. The Balaban J connectivity index is 1.40. The van der Waals surface area contributed by atoms with Crippen molar-refractivity contribution in [2.45, 2.75) is 65.2 Å². The number of unbranched alkanes of at least 4 members (excludes halogenated alkanes) is 6. The largest absolute Gasteiger partial charge is 0.406 e. The molecule has 0 N–H and O–H groups in total. The third kappa shape index (κ3) is 5.45. The summed E-state index contributed by atoms with van der Waals surface area (Å²) < 4.78 is 0. The van der Waals surface area contributed by atoms with Crippen LogP contribution in [0.1, 0.15) is 65.2 Å². The smallest absolute Gasteiger partial charge is 0.325 e. The second kappa shape index (κ2) is 13.4. The quantitative estimate of drug-likeness (QED) is 0.104. The molecule has 2 aromatic heterocycles. The molecule has 2 aliphatic heterocycles. The van der Waals surface area contributed by atoms with Gasteiger partial charge in [0.2, 0.25) is 0 Å². The summed E-state index contributed by atoms with van der Waals surface area (Å²) in [6.45, 7) is 7.25. The van der Waals surface area contributed by atoms with Gasteiger partial charge < -0.3 is 9.62 Å². The van der Waals surface area contributed by atoms with E-state index in [9.17, 15) is 0 Å². The number of hydrogen-bond donors (Lipinski definition) is 0. The van der Waals surface area contributed by atoms with Crippen molar-refractivity contribution in [3.8, 4) is 20.9 Å². The molecule has 44 heavy (non-hydrogen) atoms. The molecule has 0 saturated carbocycles. The number of nitrogens with zero attached hydrogens (tertiary/aromatic N) is 2. The fourth-order valence-corrected chi connectivity index (χ4v) is 9.36. The van der Waals surface area contributed by atoms with Crippen LogP contribution < -0.4 is 31.5 Å². The lowest BCUT2D eigenvalue weighted by Crippen LogP contribution is -2.60. The predicted molar refractivity (Wildman–Crippen MR) is 199 cm³/mol. The summed E-state index contributed by atoms with van der Waals surface area (Å²) in [4.78, 5) is 8.40. The van der Waals surface area contributed by atoms with Crippen LogP contribution in [0.3, 0.4) is 0 Å². The Bertz CT molecular complexity index is 1560. The summed E-state index contributed by atoms with van der Waals surface area (Å²) in [5.74, 6) is 0. The maximum Gasteiger partial charge on any atom is 0.325 e. The van der Waals surface area contributed by atoms with Gasteiger partial charge in [-0.2, -0.15) is 0 Å². The maximum atomic E-state index is 2.76. The van der Waals surface area contributed by atoms with E-state index in [-0.39, 0.29) is 13.7 Å². The molecule has 0 aliphatic carbocycles. The molecule has 0 spiro atoms. The van der Waals surface area contributed by atoms with Gasteiger partial charge in [-0.15, -0.1) is 22.7 Å². The molecule has 6 heteroatoms. The Labute approximate surface area is 273 Å². The average molecular weight is 613 g/mol. The van der Waals surface area contributed by atoms with Crippen molar-refractivity contribution < 1.29 is 0 Å². The van der Waals surface area contributed by atoms with Crippen LogP contribution >= 0.6 is 22.7 Å². The molecule has 0 fully saturated rings. The van der Waals surface area contributed by atoms with Gasteiger partial charge in [-0.05, 0) is 46.7 Å². The van der Waals surface area contributed by atoms with Gasteiger partial charge in [0.25, 0.3) is 0 Å². The highest BCUT2D eigenvalue weighted by atomic mass is 32.1. The van der Waals surface area contributed by atoms with E-state index in [1.54, 1.807) is 0 Å². The van der Waals surface area contributed by atoms with E-state index in [1.807, 2.05) is 22.7 Å². The minimum absolute atomic E-state index is 0.244. The highest BCUT2D eigenvalue weighted by Gasteiger charge is 2.41. The van der Waals surface area contributed by atoms with Gasteiger partial charge in [-0.3, -0.25) is 0 Å². The number of rotatable bonds is 12. The zero-order valence-corrected chi connectivity index (χ0v) is 27.8. The summed E-state index contributed by atoms with van der Waals surface area (Å²) >= 11 is 3.83. The molecule has 0 saturated heterocycles. The number of anilines is 2. The normalized spacial score (nSPS) is 13.5. The van der Waals surface area contributed by atoms with E-state index in [0.717, 1.165) is 13.1 Å². The van der Waals surface area contributed by atoms with Crippen LogP contribution in [-0.2, 0) is 0 Å². The molecule has 3 aromatic carbocycles. The second-order valence-electron chi connectivity index (χ2n) is 12.4. The zero-order chi connectivity index (χ0) is 29.9. The van der Waals surface area contributed by atoms with Gasteiger partial charge in [-0.1, -0.05) is 136 Å². The molecule has 0 bridgehead atoms. The average Bonchev–Trinajstić information content (AvgIpc) is 3.76. The topological polar surface area (TPSA) is 6.48 Å². The van der Waals surface area contributed by atoms with Crippen molar-refractivity contribution in [2.75, 3.05) is 22.7 Å². The Morgan fingerprint density at radius 1 is 0.523 bits per heavy atom. The van der Waals surface area contributed by atoms with E-state index in [1.165, 1.54) is 105 Å². The third-order valence-corrected chi connectivity index (χ3v) is 11.5. The van der Waals surface area contributed by atoms with E-state index in [0.29, 0.717) is 0 Å². The van der Waals surface area contributed by atoms with E-state index in [4.69, 9.17) is 0 Å². The first-order valence-corrected chi connectivity index (χ1v) is 18.5. The van der Waals surface area contributed by atoms with Crippen LogP contribution in [0, 0.1) is 0 Å². The minimum Gasteiger partial charge on any atom is -0.406 e. The van der Waals surface area contributed by atoms with Crippen LogP contribution in [0.25, 0.3) is 20.9 Å². The van der Waals surface area contributed by atoms with Crippen molar-refractivity contribution in [1.29, 1.82) is 0 Å². The molecule has 4 heterocycles. The van der Waals surface area contributed by atoms with Crippen LogP contribution in [0.5, 0.6) is 0 Å². The summed E-state index contributed by atoms with van der Waals surface area (Å²) in [5.41, 5.74) is 11.4. The molecule has 2 nitrogen and oxygen atoms in total. The standard InChI is InChI=1S/C38H42B2N2S2/c1-3-5-7-15-23-41-35-28-36-32(27-31(35)37-33(21-25-43-37)39(41)29-17-11-9-12-18-29)38-34(22-26-44-38)40(30-19-13-10-14-20-30)42(36)24-16-8-6-4-2/h9-14,17-22,25-28H,3-8,15-16,23-24H2,1-2H3. The first kappa shape index (κ1) is 29.5. The monoisotopic (exact) mass is 612 g/mol. The van der Waals surface area contributed by atoms with Crippen LogP contribution in [0.2, 0.25) is 0 Å². The van der Waals surface area contributed by atoms with Gasteiger partial charge in [-0.25, -0.2) is 0 Å². The predicted octanol–water partition coefficient (Wildman–Crippen LogP) is 8.16. The first-order chi connectivity index (χ1) is 21.8. The lowest BCUT2D eigenvalue weighted by Gasteiger charge is -2.42. The molecule has 0 radical (unpaired) electrons. The molecular formula is C38H42B2N2S2. The molecular weight excluding hydrogens is 570 g/mol. The van der Waals surface area contributed by atoms with Crippen molar-refractivity contribution >= 4 is 69.6 Å². The number of hydrogen-bond acceptors (Lipinski definition) is 4. The zero-order valence-electron chi connectivity index (χ0n) is 26.2. The van der Waals surface area contributed by atoms with Crippen molar-refractivity contribution in [3.05, 3.63) is 95.7 Å². The molecule has 7 rings (SSSR count). The van der Waals surface area contributed by atoms with Crippen LogP contribution in [0.4, 0.5) is 11.4 Å². The summed E-state index contributed by atoms with van der Waals surface area (Å²) in [6.07, 6.45) is 10.1. The minimum atomic E-state index is 0.244. The highest BCUT2D eigenvalue weighted by molar-refractivity contribution is 7.17. The Morgan fingerprint density at radius 3 is 1.41 bits per heavy atom. The lowest BCUT2D eigenvalue weighted by atomic mass is 9.46. The van der Waals surface area contributed by atoms with E-state index in [2.05, 4.69) is 119 Å². The fraction of sp³-hybridized carbons (Fsp3) is 0.316. The van der Waals surface area contributed by atoms with E-state index < -0.39 is 0 Å². The number of fused-ring (bicyclic) bond motifs is 6. The lowest BCUT2D eigenvalue weighted by molar-refractivity contribution is 0.672. The SMILES string of the molecule is CCCCCCN1B(c2ccccc2)c2ccsc2-c2cc3c(cc21)N(CCCCCC)B(c1ccccc1)c1ccsc1-3. The van der Waals surface area contributed by atoms with Crippen molar-refractivity contribution in [1.82, 2.24) is 0 Å². The van der Waals surface area contributed by atoms with Gasteiger partial charge in [0.05, 0.1) is 0 Å². The maximum absolute atomic E-state index is 2.76. The number of benzene rings is 3. The highest BCUT2D eigenvalue weighted by Crippen LogP contribution is 2.47. The van der Waals surface area contributed by atoms with Gasteiger partial charge in [0.15, 0.2) is 0 Å². The Hall–Kier alpha value is -3.21. The first-order valence-electron chi connectivity index (χ1n) is 16.8. The summed E-state index contributed by atoms with van der Waals surface area (Å²) in [5, 5.41) is 4.62. The fourth-order valence-electron chi connectivity index (χ4n) is 7.44. The second-order valence-corrected chi connectivity index (χ2v) is 14.3. The van der Waals surface area contributed by atoms with Gasteiger partial charge in [0, 0.05) is 45.3 Å². The molecule has 0 amide bonds. The number of thiophene rings is 2. The van der Waals surface area contributed by atoms with E-state index >= 15 is 0 Å². The van der Waals surface area contributed by atoms with Gasteiger partial charge >= 0.3 is 13.7 Å². The van der Waals surface area contributed by atoms with Crippen molar-refractivity contribution in [2.24, 2.45) is 0 Å². The Morgan fingerprint density at radius 2 is 0.977 bits per heavy atom. The molecule has 222 valence electrons. The van der Waals surface area contributed by atoms with Crippen LogP contribution in [-0.4, -0.2) is 26.8 Å². The molecule has 2 aliphatic rings. The summed E-state index contributed by atoms with van der Waals surface area (Å²) in [6, 6.07) is 32.4. The van der Waals surface area contributed by atoms with Crippen molar-refractivity contribution in [3.63, 3.8) is 0 Å². The Kier molecular flexibility index (Phi) is 9.00.